The lowest BCUT2D eigenvalue weighted by Gasteiger charge is -2.28. The summed E-state index contributed by atoms with van der Waals surface area (Å²) in [5, 5.41) is 29.3. The summed E-state index contributed by atoms with van der Waals surface area (Å²) in [6.07, 6.45) is 3.78. The van der Waals surface area contributed by atoms with Crippen molar-refractivity contribution in [3.63, 3.8) is 0 Å². The van der Waals surface area contributed by atoms with Crippen LogP contribution in [0, 0.1) is 11.3 Å². The van der Waals surface area contributed by atoms with Crippen molar-refractivity contribution in [2.24, 2.45) is 4.99 Å². The zero-order valence-electron chi connectivity index (χ0n) is 20.1. The summed E-state index contributed by atoms with van der Waals surface area (Å²) in [6, 6.07) is 14.1. The Morgan fingerprint density at radius 2 is 2.00 bits per heavy atom. The number of ether oxygens (including phenoxy) is 1. The quantitative estimate of drug-likeness (QED) is 0.388. The molecule has 0 radical (unpaired) electrons. The van der Waals surface area contributed by atoms with Crippen LogP contribution in [-0.2, 0) is 6.42 Å². The molecule has 0 heterocycles. The van der Waals surface area contributed by atoms with E-state index in [0.29, 0.717) is 30.1 Å². The fourth-order valence-corrected chi connectivity index (χ4v) is 5.04. The molecular formula is C27H33N3O3S. The van der Waals surface area contributed by atoms with Crippen LogP contribution in [0.5, 0.6) is 5.75 Å². The summed E-state index contributed by atoms with van der Waals surface area (Å²) >= 11 is 1.51. The molecule has 1 aliphatic rings. The van der Waals surface area contributed by atoms with E-state index in [9.17, 15) is 15.5 Å². The third-order valence-electron chi connectivity index (χ3n) is 5.90. The van der Waals surface area contributed by atoms with Gasteiger partial charge >= 0.3 is 0 Å². The molecule has 0 aromatic heterocycles. The van der Waals surface area contributed by atoms with Crippen LogP contribution in [-0.4, -0.2) is 58.8 Å². The number of nitrogens with zero attached hydrogens (tertiary/aromatic N) is 3. The molecule has 0 bridgehead atoms. The molecular weight excluding hydrogens is 446 g/mol. The maximum absolute atomic E-state index is 9.59. The van der Waals surface area contributed by atoms with E-state index in [1.54, 1.807) is 0 Å². The van der Waals surface area contributed by atoms with Crippen molar-refractivity contribution >= 4 is 22.5 Å². The van der Waals surface area contributed by atoms with Crippen LogP contribution in [0.15, 0.2) is 48.0 Å². The predicted molar refractivity (Wildman–Crippen MR) is 139 cm³/mol. The number of hydrogen-bond acceptors (Lipinski definition) is 7. The van der Waals surface area contributed by atoms with Crippen LogP contribution >= 0.6 is 11.8 Å². The Morgan fingerprint density at radius 1 is 1.26 bits per heavy atom. The lowest BCUT2D eigenvalue weighted by molar-refractivity contribution is 0.121. The molecule has 0 amide bonds. The normalized spacial score (nSPS) is 15.5. The SMILES string of the molecule is C=C(N=C(SC)c1ccc(OC(C)C)c(C#N)c1)c1cccc2c1CC[C@@H]2N(CCO)CCO. The van der Waals surface area contributed by atoms with E-state index < -0.39 is 0 Å². The molecule has 7 heteroatoms. The first-order valence-corrected chi connectivity index (χ1v) is 12.8. The summed E-state index contributed by atoms with van der Waals surface area (Å²) < 4.78 is 5.75. The summed E-state index contributed by atoms with van der Waals surface area (Å²) in [6.45, 7) is 9.32. The molecule has 3 rings (SSSR count). The first-order valence-electron chi connectivity index (χ1n) is 11.5. The number of hydrogen-bond donors (Lipinski definition) is 2. The van der Waals surface area contributed by atoms with Crippen molar-refractivity contribution in [2.45, 2.75) is 38.8 Å². The highest BCUT2D eigenvalue weighted by molar-refractivity contribution is 8.13. The van der Waals surface area contributed by atoms with Crippen LogP contribution in [0.2, 0.25) is 0 Å². The van der Waals surface area contributed by atoms with Crippen LogP contribution in [0.1, 0.15) is 54.1 Å². The number of rotatable bonds is 10. The zero-order valence-corrected chi connectivity index (χ0v) is 20.9. The molecule has 2 aromatic rings. The summed E-state index contributed by atoms with van der Waals surface area (Å²) in [5.41, 5.74) is 5.46. The van der Waals surface area contributed by atoms with Crippen LogP contribution in [0.25, 0.3) is 5.70 Å². The highest BCUT2D eigenvalue weighted by atomic mass is 32.2. The standard InChI is InChI=1S/C27H33N3O3S/c1-18(2)33-26-11-8-20(16-21(26)17-28)27(34-4)29-19(3)22-6-5-7-24-23(22)9-10-25(24)30(12-14-31)13-15-32/h5-8,11,16,18,25,31-32H,3,9-10,12-15H2,1-2,4H3/t25-/m0/s1. The van der Waals surface area contributed by atoms with Gasteiger partial charge in [0.25, 0.3) is 0 Å². The van der Waals surface area contributed by atoms with Crippen molar-refractivity contribution in [1.29, 1.82) is 5.26 Å². The second-order valence-electron chi connectivity index (χ2n) is 8.47. The second-order valence-corrected chi connectivity index (χ2v) is 9.26. The summed E-state index contributed by atoms with van der Waals surface area (Å²) in [5.74, 6) is 0.572. The van der Waals surface area contributed by atoms with Gasteiger partial charge in [-0.3, -0.25) is 4.90 Å². The monoisotopic (exact) mass is 479 g/mol. The Labute approximate surface area is 206 Å². The van der Waals surface area contributed by atoms with E-state index >= 15 is 0 Å². The first-order chi connectivity index (χ1) is 16.4. The van der Waals surface area contributed by atoms with Gasteiger partial charge in [0.05, 0.1) is 30.6 Å². The van der Waals surface area contributed by atoms with Crippen molar-refractivity contribution in [3.05, 3.63) is 70.8 Å². The van der Waals surface area contributed by atoms with E-state index in [1.165, 1.54) is 22.9 Å². The van der Waals surface area contributed by atoms with Gasteiger partial charge in [0.1, 0.15) is 16.9 Å². The van der Waals surface area contributed by atoms with E-state index in [1.807, 2.05) is 50.4 Å². The highest BCUT2D eigenvalue weighted by Crippen LogP contribution is 2.39. The summed E-state index contributed by atoms with van der Waals surface area (Å²) in [7, 11) is 0. The smallest absolute Gasteiger partial charge is 0.137 e. The Hall–Kier alpha value is -2.63. The van der Waals surface area contributed by atoms with Crippen LogP contribution < -0.4 is 4.74 Å². The minimum atomic E-state index is -0.0129. The Bertz CT molecular complexity index is 1090. The van der Waals surface area contributed by atoms with Gasteiger partial charge in [-0.25, -0.2) is 4.99 Å². The van der Waals surface area contributed by atoms with Gasteiger partial charge in [-0.05, 0) is 62.3 Å². The molecule has 1 aliphatic carbocycles. The molecule has 2 aromatic carbocycles. The van der Waals surface area contributed by atoms with Crippen molar-refractivity contribution in [2.75, 3.05) is 32.6 Å². The van der Waals surface area contributed by atoms with Crippen molar-refractivity contribution in [3.8, 4) is 11.8 Å². The minimum Gasteiger partial charge on any atom is -0.490 e. The van der Waals surface area contributed by atoms with E-state index in [0.717, 1.165) is 29.0 Å². The van der Waals surface area contributed by atoms with Gasteiger partial charge in [-0.2, -0.15) is 5.26 Å². The molecule has 1 atom stereocenters. The van der Waals surface area contributed by atoms with Gasteiger partial charge in [0.2, 0.25) is 0 Å². The molecule has 0 saturated carbocycles. The number of aliphatic imine (C=N–C) groups is 1. The van der Waals surface area contributed by atoms with Gasteiger partial charge in [0.15, 0.2) is 0 Å². The molecule has 6 nitrogen and oxygen atoms in total. The minimum absolute atomic E-state index is 0.0129. The van der Waals surface area contributed by atoms with Gasteiger partial charge in [0, 0.05) is 30.3 Å². The fraction of sp³-hybridized carbons (Fsp3) is 0.407. The number of aliphatic hydroxyl groups excluding tert-OH is 2. The maximum Gasteiger partial charge on any atom is 0.137 e. The lowest BCUT2D eigenvalue weighted by atomic mass is 10.00. The third-order valence-corrected chi connectivity index (χ3v) is 6.62. The van der Waals surface area contributed by atoms with E-state index in [-0.39, 0.29) is 25.4 Å². The van der Waals surface area contributed by atoms with Crippen LogP contribution in [0.3, 0.4) is 0 Å². The number of aliphatic hydroxyl groups is 2. The zero-order chi connectivity index (χ0) is 24.7. The molecule has 0 fully saturated rings. The van der Waals surface area contributed by atoms with Gasteiger partial charge in [-0.15, -0.1) is 11.8 Å². The average Bonchev–Trinajstić information content (AvgIpc) is 3.26. The van der Waals surface area contributed by atoms with E-state index in [2.05, 4.69) is 23.6 Å². The summed E-state index contributed by atoms with van der Waals surface area (Å²) in [4.78, 5) is 7.00. The molecule has 0 saturated heterocycles. The second kappa shape index (κ2) is 12.2. The fourth-order valence-electron chi connectivity index (χ4n) is 4.48. The number of fused-ring (bicyclic) bond motifs is 1. The largest absolute Gasteiger partial charge is 0.490 e. The van der Waals surface area contributed by atoms with E-state index in [4.69, 9.17) is 9.73 Å². The molecule has 0 spiro atoms. The van der Waals surface area contributed by atoms with Crippen molar-refractivity contribution in [1.82, 2.24) is 4.90 Å². The lowest BCUT2D eigenvalue weighted by Crippen LogP contribution is -2.32. The first kappa shape index (κ1) is 26.0. The Morgan fingerprint density at radius 3 is 2.62 bits per heavy atom. The number of benzene rings is 2. The number of thioether (sulfide) groups is 1. The highest BCUT2D eigenvalue weighted by Gasteiger charge is 2.29. The maximum atomic E-state index is 9.59. The molecule has 0 unspecified atom stereocenters. The predicted octanol–water partition coefficient (Wildman–Crippen LogP) is 4.40. The third kappa shape index (κ3) is 5.89. The molecule has 180 valence electrons. The number of nitriles is 1. The topological polar surface area (TPSA) is 89.1 Å². The Kier molecular flexibility index (Phi) is 9.31. The van der Waals surface area contributed by atoms with Gasteiger partial charge in [-0.1, -0.05) is 24.8 Å². The Balaban J connectivity index is 1.92. The van der Waals surface area contributed by atoms with Crippen molar-refractivity contribution < 1.29 is 14.9 Å². The molecule has 0 aliphatic heterocycles. The van der Waals surface area contributed by atoms with Crippen LogP contribution in [0.4, 0.5) is 0 Å². The molecule has 34 heavy (non-hydrogen) atoms. The van der Waals surface area contributed by atoms with Gasteiger partial charge < -0.3 is 14.9 Å². The average molecular weight is 480 g/mol. The molecule has 2 N–H and O–H groups in total.